The average molecular weight is 551 g/mol. The molecule has 1 amide bonds. The van der Waals surface area contributed by atoms with Crippen molar-refractivity contribution >= 4 is 17.5 Å². The zero-order valence-electron chi connectivity index (χ0n) is 22.9. The van der Waals surface area contributed by atoms with Gasteiger partial charge in [0.25, 0.3) is 5.91 Å². The zero-order valence-corrected chi connectivity index (χ0v) is 23.6. The summed E-state index contributed by atoms with van der Waals surface area (Å²) < 4.78 is 11.7. The van der Waals surface area contributed by atoms with Gasteiger partial charge in [0.2, 0.25) is 0 Å². The molecule has 1 heterocycles. The molecule has 1 aliphatic heterocycles. The standard InChI is InChI=1S/C32H39ClN2O4/c1-23-9-7-12-28(33)30(23)39-29-13-4-3-11-27(29)32(37,18-5-6-20-38-2)26-10-8-19-35(22-26)31(36)25-16-14-24(21-34)15-17-25/h3-4,7,9,11-17,26,37H,5-6,8,10,18-22,34H2,1-2H3/t26-,32+/m1/s1. The predicted octanol–water partition coefficient (Wildman–Crippen LogP) is 6.46. The van der Waals surface area contributed by atoms with Crippen LogP contribution in [0.15, 0.2) is 66.7 Å². The van der Waals surface area contributed by atoms with Crippen LogP contribution in [-0.2, 0) is 16.9 Å². The topological polar surface area (TPSA) is 85.0 Å². The number of aliphatic hydroxyl groups is 1. The molecule has 0 bridgehead atoms. The zero-order chi connectivity index (χ0) is 27.8. The highest BCUT2D eigenvalue weighted by Crippen LogP contribution is 2.45. The van der Waals surface area contributed by atoms with Gasteiger partial charge in [-0.15, -0.1) is 0 Å². The number of rotatable bonds is 11. The second-order valence-electron chi connectivity index (χ2n) is 10.3. The Morgan fingerprint density at radius 3 is 2.59 bits per heavy atom. The Balaban J connectivity index is 1.65. The number of methoxy groups -OCH3 is 1. The van der Waals surface area contributed by atoms with Crippen molar-refractivity contribution in [3.05, 3.63) is 94.0 Å². The van der Waals surface area contributed by atoms with Crippen molar-refractivity contribution in [2.45, 2.75) is 51.2 Å². The van der Waals surface area contributed by atoms with Gasteiger partial charge in [-0.1, -0.05) is 54.1 Å². The summed E-state index contributed by atoms with van der Waals surface area (Å²) in [5, 5.41) is 13.1. The summed E-state index contributed by atoms with van der Waals surface area (Å²) in [6.45, 7) is 4.13. The molecule has 7 heteroatoms. The lowest BCUT2D eigenvalue weighted by Crippen LogP contribution is -2.48. The van der Waals surface area contributed by atoms with Crippen molar-refractivity contribution in [2.24, 2.45) is 11.7 Å². The van der Waals surface area contributed by atoms with Crippen LogP contribution in [0.3, 0.4) is 0 Å². The largest absolute Gasteiger partial charge is 0.455 e. The van der Waals surface area contributed by atoms with E-state index in [-0.39, 0.29) is 11.8 Å². The van der Waals surface area contributed by atoms with Gasteiger partial charge in [0.05, 0.1) is 10.6 Å². The van der Waals surface area contributed by atoms with Crippen LogP contribution in [0.1, 0.15) is 59.2 Å². The molecule has 3 aromatic rings. The number of nitrogens with two attached hydrogens (primary N) is 1. The number of piperidine rings is 1. The molecular formula is C32H39ClN2O4. The van der Waals surface area contributed by atoms with Crippen LogP contribution in [0.4, 0.5) is 0 Å². The van der Waals surface area contributed by atoms with E-state index in [1.807, 2.05) is 72.5 Å². The molecule has 1 saturated heterocycles. The number of unbranched alkanes of at least 4 members (excludes halogenated alkanes) is 1. The number of para-hydroxylation sites is 2. The average Bonchev–Trinajstić information content (AvgIpc) is 2.97. The van der Waals surface area contributed by atoms with Gasteiger partial charge in [-0.2, -0.15) is 0 Å². The third kappa shape index (κ3) is 6.82. The van der Waals surface area contributed by atoms with E-state index in [2.05, 4.69) is 0 Å². The smallest absolute Gasteiger partial charge is 0.253 e. The maximum atomic E-state index is 13.4. The van der Waals surface area contributed by atoms with Crippen molar-refractivity contribution in [2.75, 3.05) is 26.8 Å². The summed E-state index contributed by atoms with van der Waals surface area (Å²) in [7, 11) is 1.69. The fraction of sp³-hybridized carbons (Fsp3) is 0.406. The van der Waals surface area contributed by atoms with Crippen LogP contribution in [-0.4, -0.2) is 42.7 Å². The molecule has 1 fully saturated rings. The minimum absolute atomic E-state index is 0.0266. The molecule has 3 N–H and O–H groups in total. The first kappa shape index (κ1) is 29.1. The number of hydrogen-bond donors (Lipinski definition) is 2. The molecule has 0 unspecified atom stereocenters. The summed E-state index contributed by atoms with van der Waals surface area (Å²) in [4.78, 5) is 15.3. The fourth-order valence-corrected chi connectivity index (χ4v) is 5.75. The van der Waals surface area contributed by atoms with E-state index < -0.39 is 5.60 Å². The molecule has 0 radical (unpaired) electrons. The Morgan fingerprint density at radius 2 is 1.87 bits per heavy atom. The van der Waals surface area contributed by atoms with E-state index >= 15 is 0 Å². The van der Waals surface area contributed by atoms with Crippen LogP contribution in [0.2, 0.25) is 5.02 Å². The van der Waals surface area contributed by atoms with Crippen LogP contribution < -0.4 is 10.5 Å². The van der Waals surface area contributed by atoms with Gasteiger partial charge in [-0.3, -0.25) is 4.79 Å². The SMILES string of the molecule is COCCCC[C@@](O)(c1ccccc1Oc1c(C)cccc1Cl)[C@@H]1CCCN(C(=O)c2ccc(CN)cc2)C1. The number of benzene rings is 3. The molecule has 39 heavy (non-hydrogen) atoms. The van der Waals surface area contributed by atoms with E-state index in [4.69, 9.17) is 26.8 Å². The molecule has 3 aromatic carbocycles. The molecule has 1 aliphatic rings. The van der Waals surface area contributed by atoms with Gasteiger partial charge in [-0.05, 0) is 74.4 Å². The third-order valence-corrected chi connectivity index (χ3v) is 8.00. The summed E-state index contributed by atoms with van der Waals surface area (Å²) in [6, 6.07) is 20.7. The number of likely N-dealkylation sites (tertiary alicyclic amines) is 1. The number of nitrogens with zero attached hydrogens (tertiary/aromatic N) is 1. The minimum atomic E-state index is -1.21. The number of aryl methyl sites for hydroxylation is 1. The number of carbonyl (C=O) groups is 1. The Labute approximate surface area is 236 Å². The number of halogens is 1. The predicted molar refractivity (Wildman–Crippen MR) is 155 cm³/mol. The van der Waals surface area contributed by atoms with Gasteiger partial charge in [-0.25, -0.2) is 0 Å². The lowest BCUT2D eigenvalue weighted by atomic mass is 9.73. The monoisotopic (exact) mass is 550 g/mol. The molecule has 0 spiro atoms. The molecule has 0 saturated carbocycles. The first-order chi connectivity index (χ1) is 18.9. The summed E-state index contributed by atoms with van der Waals surface area (Å²) >= 11 is 6.49. The summed E-state index contributed by atoms with van der Waals surface area (Å²) in [5.74, 6) is 0.956. The third-order valence-electron chi connectivity index (χ3n) is 7.71. The molecule has 4 rings (SSSR count). The number of ether oxygens (including phenoxy) is 2. The Bertz CT molecular complexity index is 1230. The van der Waals surface area contributed by atoms with Gasteiger partial charge >= 0.3 is 0 Å². The van der Waals surface area contributed by atoms with Gasteiger partial charge in [0.15, 0.2) is 0 Å². The van der Waals surface area contributed by atoms with Gasteiger partial charge < -0.3 is 25.2 Å². The van der Waals surface area contributed by atoms with Gasteiger partial charge in [0.1, 0.15) is 11.5 Å². The fourth-order valence-electron chi connectivity index (χ4n) is 5.49. The summed E-state index contributed by atoms with van der Waals surface area (Å²) in [5.41, 5.74) is 7.77. The summed E-state index contributed by atoms with van der Waals surface area (Å²) in [6.07, 6.45) is 3.74. The Morgan fingerprint density at radius 1 is 1.10 bits per heavy atom. The van der Waals surface area contributed by atoms with Crippen molar-refractivity contribution in [1.82, 2.24) is 4.90 Å². The quantitative estimate of drug-likeness (QED) is 0.268. The minimum Gasteiger partial charge on any atom is -0.455 e. The van der Waals surface area contributed by atoms with Crippen LogP contribution in [0.25, 0.3) is 0 Å². The number of carbonyl (C=O) groups excluding carboxylic acids is 1. The maximum absolute atomic E-state index is 13.4. The molecule has 0 aliphatic carbocycles. The molecule has 6 nitrogen and oxygen atoms in total. The lowest BCUT2D eigenvalue weighted by Gasteiger charge is -2.43. The van der Waals surface area contributed by atoms with Crippen molar-refractivity contribution in [3.63, 3.8) is 0 Å². The molecule has 2 atom stereocenters. The highest BCUT2D eigenvalue weighted by atomic mass is 35.5. The molecule has 0 aromatic heterocycles. The second-order valence-corrected chi connectivity index (χ2v) is 10.8. The molecular weight excluding hydrogens is 512 g/mol. The maximum Gasteiger partial charge on any atom is 0.253 e. The molecule has 208 valence electrons. The lowest BCUT2D eigenvalue weighted by molar-refractivity contribution is -0.0589. The number of hydrogen-bond acceptors (Lipinski definition) is 5. The van der Waals surface area contributed by atoms with E-state index in [0.29, 0.717) is 60.3 Å². The van der Waals surface area contributed by atoms with Crippen molar-refractivity contribution < 1.29 is 19.4 Å². The van der Waals surface area contributed by atoms with E-state index in [1.54, 1.807) is 13.2 Å². The van der Waals surface area contributed by atoms with Crippen LogP contribution in [0, 0.1) is 12.8 Å². The van der Waals surface area contributed by atoms with Gasteiger partial charge in [0, 0.05) is 50.4 Å². The highest BCUT2D eigenvalue weighted by molar-refractivity contribution is 6.32. The van der Waals surface area contributed by atoms with Crippen LogP contribution >= 0.6 is 11.6 Å². The highest BCUT2D eigenvalue weighted by Gasteiger charge is 2.43. The first-order valence-corrected chi connectivity index (χ1v) is 14.1. The second kappa shape index (κ2) is 13.4. The van der Waals surface area contributed by atoms with E-state index in [1.165, 1.54) is 0 Å². The first-order valence-electron chi connectivity index (χ1n) is 13.7. The Kier molecular flexibility index (Phi) is 10.0. The van der Waals surface area contributed by atoms with Crippen molar-refractivity contribution in [3.8, 4) is 11.5 Å². The van der Waals surface area contributed by atoms with E-state index in [9.17, 15) is 9.90 Å². The normalized spacial score (nSPS) is 17.1. The van der Waals surface area contributed by atoms with E-state index in [0.717, 1.165) is 36.8 Å². The van der Waals surface area contributed by atoms with Crippen molar-refractivity contribution in [1.29, 1.82) is 0 Å². The number of amides is 1. The Hall–Kier alpha value is -2.90. The van der Waals surface area contributed by atoms with Crippen LogP contribution in [0.5, 0.6) is 11.5 Å².